The molecule has 1 atom stereocenters. The summed E-state index contributed by atoms with van der Waals surface area (Å²) >= 11 is 0. The fourth-order valence-electron chi connectivity index (χ4n) is 1.67. The summed E-state index contributed by atoms with van der Waals surface area (Å²) in [6.07, 6.45) is 2.16. The Labute approximate surface area is 101 Å². The van der Waals surface area contributed by atoms with E-state index in [9.17, 15) is 9.18 Å². The van der Waals surface area contributed by atoms with Crippen molar-refractivity contribution in [2.75, 3.05) is 0 Å². The molecule has 0 aromatic heterocycles. The minimum Gasteiger partial charge on any atom is -0.478 e. The molecule has 3 nitrogen and oxygen atoms in total. The van der Waals surface area contributed by atoms with E-state index in [1.165, 1.54) is 12.1 Å². The van der Waals surface area contributed by atoms with Crippen molar-refractivity contribution in [1.82, 2.24) is 5.32 Å². The molecule has 0 aliphatic rings. The van der Waals surface area contributed by atoms with Gasteiger partial charge in [-0.2, -0.15) is 0 Å². The van der Waals surface area contributed by atoms with Crippen LogP contribution in [0.5, 0.6) is 0 Å². The standard InChI is InChI=1S/C13H18FNO2/c1-3-4-9(2)15-8-10-5-6-11(13(16)17)12(14)7-10/h5-7,9,15H,3-4,8H2,1-2H3,(H,16,17). The van der Waals surface area contributed by atoms with Gasteiger partial charge in [-0.1, -0.05) is 19.4 Å². The Balaban J connectivity index is 2.62. The zero-order valence-corrected chi connectivity index (χ0v) is 10.2. The summed E-state index contributed by atoms with van der Waals surface area (Å²) in [4.78, 5) is 10.6. The van der Waals surface area contributed by atoms with E-state index >= 15 is 0 Å². The van der Waals surface area contributed by atoms with Crippen LogP contribution in [-0.2, 0) is 6.54 Å². The molecule has 1 rings (SSSR count). The lowest BCUT2D eigenvalue weighted by molar-refractivity contribution is 0.0692. The van der Waals surface area contributed by atoms with Crippen LogP contribution in [0.25, 0.3) is 0 Å². The Morgan fingerprint density at radius 3 is 2.76 bits per heavy atom. The average Bonchev–Trinajstić information content (AvgIpc) is 2.26. The van der Waals surface area contributed by atoms with Gasteiger partial charge in [0.2, 0.25) is 0 Å². The summed E-state index contributed by atoms with van der Waals surface area (Å²) < 4.78 is 13.4. The van der Waals surface area contributed by atoms with Crippen LogP contribution in [0.1, 0.15) is 42.6 Å². The van der Waals surface area contributed by atoms with Crippen molar-refractivity contribution in [2.24, 2.45) is 0 Å². The van der Waals surface area contributed by atoms with E-state index in [-0.39, 0.29) is 5.56 Å². The van der Waals surface area contributed by atoms with Crippen LogP contribution >= 0.6 is 0 Å². The number of halogens is 1. The van der Waals surface area contributed by atoms with E-state index in [2.05, 4.69) is 19.2 Å². The van der Waals surface area contributed by atoms with Gasteiger partial charge in [-0.25, -0.2) is 9.18 Å². The van der Waals surface area contributed by atoms with E-state index in [4.69, 9.17) is 5.11 Å². The lowest BCUT2D eigenvalue weighted by atomic mass is 10.1. The first kappa shape index (κ1) is 13.6. The second-order valence-electron chi connectivity index (χ2n) is 4.19. The molecule has 0 aliphatic carbocycles. The number of hydrogen-bond acceptors (Lipinski definition) is 2. The van der Waals surface area contributed by atoms with Crippen LogP contribution < -0.4 is 5.32 Å². The average molecular weight is 239 g/mol. The summed E-state index contributed by atoms with van der Waals surface area (Å²) in [5.41, 5.74) is 0.478. The van der Waals surface area contributed by atoms with Gasteiger partial charge in [0, 0.05) is 12.6 Å². The van der Waals surface area contributed by atoms with E-state index in [1.807, 2.05) is 0 Å². The smallest absolute Gasteiger partial charge is 0.338 e. The first-order valence-electron chi connectivity index (χ1n) is 5.79. The fraction of sp³-hybridized carbons (Fsp3) is 0.462. The zero-order chi connectivity index (χ0) is 12.8. The van der Waals surface area contributed by atoms with Crippen molar-refractivity contribution in [3.63, 3.8) is 0 Å². The lowest BCUT2D eigenvalue weighted by Gasteiger charge is -2.12. The summed E-state index contributed by atoms with van der Waals surface area (Å²) in [6.45, 7) is 4.74. The van der Waals surface area contributed by atoms with Crippen molar-refractivity contribution >= 4 is 5.97 Å². The number of carboxylic acids is 1. The highest BCUT2D eigenvalue weighted by Gasteiger charge is 2.10. The summed E-state index contributed by atoms with van der Waals surface area (Å²) in [7, 11) is 0. The van der Waals surface area contributed by atoms with E-state index < -0.39 is 11.8 Å². The number of carbonyl (C=O) groups is 1. The van der Waals surface area contributed by atoms with Gasteiger partial charge in [-0.15, -0.1) is 0 Å². The zero-order valence-electron chi connectivity index (χ0n) is 10.2. The van der Waals surface area contributed by atoms with E-state index in [0.29, 0.717) is 12.6 Å². The minimum absolute atomic E-state index is 0.282. The second kappa shape index (κ2) is 6.35. The van der Waals surface area contributed by atoms with Crippen molar-refractivity contribution < 1.29 is 14.3 Å². The Morgan fingerprint density at radius 2 is 2.24 bits per heavy atom. The van der Waals surface area contributed by atoms with Crippen LogP contribution in [0.3, 0.4) is 0 Å². The molecule has 0 radical (unpaired) electrons. The maximum Gasteiger partial charge on any atom is 0.338 e. The molecular formula is C13H18FNO2. The first-order chi connectivity index (χ1) is 8.04. The monoisotopic (exact) mass is 239 g/mol. The molecule has 1 unspecified atom stereocenters. The SMILES string of the molecule is CCCC(C)NCc1ccc(C(=O)O)c(F)c1. The number of nitrogens with one attached hydrogen (secondary N) is 1. The molecule has 2 N–H and O–H groups in total. The molecular weight excluding hydrogens is 221 g/mol. The maximum atomic E-state index is 13.4. The van der Waals surface area contributed by atoms with E-state index in [1.54, 1.807) is 6.07 Å². The molecule has 17 heavy (non-hydrogen) atoms. The normalized spacial score (nSPS) is 12.4. The quantitative estimate of drug-likeness (QED) is 0.802. The highest BCUT2D eigenvalue weighted by atomic mass is 19.1. The van der Waals surface area contributed by atoms with Crippen LogP contribution in [0, 0.1) is 5.82 Å². The van der Waals surface area contributed by atoms with Gasteiger partial charge in [0.25, 0.3) is 0 Å². The molecule has 0 aliphatic heterocycles. The van der Waals surface area contributed by atoms with Crippen molar-refractivity contribution in [2.45, 2.75) is 39.3 Å². The summed E-state index contributed by atoms with van der Waals surface area (Å²) in [5, 5.41) is 12.0. The highest BCUT2D eigenvalue weighted by molar-refractivity contribution is 5.87. The molecule has 94 valence electrons. The van der Waals surface area contributed by atoms with Gasteiger partial charge in [-0.05, 0) is 31.0 Å². The largest absolute Gasteiger partial charge is 0.478 e. The Kier molecular flexibility index (Phi) is 5.10. The van der Waals surface area contributed by atoms with Crippen LogP contribution in [0.4, 0.5) is 4.39 Å². The molecule has 1 aromatic rings. The summed E-state index contributed by atoms with van der Waals surface area (Å²) in [5.74, 6) is -1.92. The molecule has 0 fully saturated rings. The molecule has 0 amide bonds. The highest BCUT2D eigenvalue weighted by Crippen LogP contribution is 2.11. The molecule has 0 heterocycles. The van der Waals surface area contributed by atoms with E-state index in [0.717, 1.165) is 18.4 Å². The third-order valence-electron chi connectivity index (χ3n) is 2.64. The van der Waals surface area contributed by atoms with Gasteiger partial charge in [0.1, 0.15) is 5.82 Å². The van der Waals surface area contributed by atoms with Crippen LogP contribution in [0.2, 0.25) is 0 Å². The fourth-order valence-corrected chi connectivity index (χ4v) is 1.67. The minimum atomic E-state index is -1.23. The van der Waals surface area contributed by atoms with Gasteiger partial charge >= 0.3 is 5.97 Å². The molecule has 0 spiro atoms. The lowest BCUT2D eigenvalue weighted by Crippen LogP contribution is -2.25. The van der Waals surface area contributed by atoms with Crippen molar-refractivity contribution in [3.05, 3.63) is 35.1 Å². The number of rotatable bonds is 6. The van der Waals surface area contributed by atoms with Gasteiger partial charge < -0.3 is 10.4 Å². The van der Waals surface area contributed by atoms with Crippen LogP contribution in [0.15, 0.2) is 18.2 Å². The number of benzene rings is 1. The topological polar surface area (TPSA) is 49.3 Å². The third-order valence-corrected chi connectivity index (χ3v) is 2.64. The molecule has 4 heteroatoms. The molecule has 1 aromatic carbocycles. The number of carboxylic acid groups (broad SMARTS) is 1. The maximum absolute atomic E-state index is 13.4. The summed E-state index contributed by atoms with van der Waals surface area (Å²) in [6, 6.07) is 4.59. The Hall–Kier alpha value is -1.42. The third kappa shape index (κ3) is 4.15. The Bertz CT molecular complexity index is 393. The number of hydrogen-bond donors (Lipinski definition) is 2. The molecule has 0 bridgehead atoms. The van der Waals surface area contributed by atoms with Crippen molar-refractivity contribution in [3.8, 4) is 0 Å². The van der Waals surface area contributed by atoms with Gasteiger partial charge in [0.05, 0.1) is 5.56 Å². The first-order valence-corrected chi connectivity index (χ1v) is 5.79. The predicted molar refractivity (Wildman–Crippen MR) is 64.6 cm³/mol. The van der Waals surface area contributed by atoms with Gasteiger partial charge in [-0.3, -0.25) is 0 Å². The van der Waals surface area contributed by atoms with Crippen LogP contribution in [-0.4, -0.2) is 17.1 Å². The predicted octanol–water partition coefficient (Wildman–Crippen LogP) is 2.80. The van der Waals surface area contributed by atoms with Crippen molar-refractivity contribution in [1.29, 1.82) is 0 Å². The molecule has 0 saturated carbocycles. The second-order valence-corrected chi connectivity index (χ2v) is 4.19. The molecule has 0 saturated heterocycles. The number of aromatic carboxylic acids is 1. The van der Waals surface area contributed by atoms with Gasteiger partial charge in [0.15, 0.2) is 0 Å². The Morgan fingerprint density at radius 1 is 1.53 bits per heavy atom.